The van der Waals surface area contributed by atoms with Crippen molar-refractivity contribution in [3.63, 3.8) is 0 Å². The van der Waals surface area contributed by atoms with Crippen LogP contribution in [0, 0.1) is 0 Å². The predicted octanol–water partition coefficient (Wildman–Crippen LogP) is 1.31. The molecule has 1 N–H and O–H groups in total. The van der Waals surface area contributed by atoms with Crippen LogP contribution in [-0.2, 0) is 37.3 Å². The van der Waals surface area contributed by atoms with E-state index in [2.05, 4.69) is 10.3 Å². The number of nitrogens with zero attached hydrogens (tertiary/aromatic N) is 3. The van der Waals surface area contributed by atoms with Gasteiger partial charge in [0.2, 0.25) is 10.0 Å². The van der Waals surface area contributed by atoms with Gasteiger partial charge in [0.05, 0.1) is 22.3 Å². The normalized spacial score (nSPS) is 11.8. The summed E-state index contributed by atoms with van der Waals surface area (Å²) in [5.41, 5.74) is 1.37. The molecule has 0 saturated carbocycles. The number of sulfonamides is 1. The second kappa shape index (κ2) is 9.84. The maximum absolute atomic E-state index is 12.8. The molecule has 29 heavy (non-hydrogen) atoms. The molecule has 1 amide bonds. The van der Waals surface area contributed by atoms with E-state index in [4.69, 9.17) is 4.74 Å². The fourth-order valence-corrected chi connectivity index (χ4v) is 4.56. The Balaban J connectivity index is 2.25. The number of benzene rings is 1. The van der Waals surface area contributed by atoms with E-state index in [0.29, 0.717) is 37.4 Å². The van der Waals surface area contributed by atoms with Crippen LogP contribution in [0.1, 0.15) is 33.0 Å². The summed E-state index contributed by atoms with van der Waals surface area (Å²) in [6, 6.07) is 4.91. The van der Waals surface area contributed by atoms with Crippen molar-refractivity contribution in [3.8, 4) is 0 Å². The number of aryl methyl sites for hydroxylation is 2. The highest BCUT2D eigenvalue weighted by Crippen LogP contribution is 2.23. The molecule has 0 aliphatic carbocycles. The van der Waals surface area contributed by atoms with Gasteiger partial charge in [-0.1, -0.05) is 13.8 Å². The number of hydrogen-bond donors (Lipinski definition) is 1. The SMILES string of the molecule is CCN(CC)S(=O)(=O)c1ccc2c(c1)nc(CCC(=O)OCC(=O)NC)n2CC. The largest absolute Gasteiger partial charge is 0.456 e. The third kappa shape index (κ3) is 5.13. The first-order chi connectivity index (χ1) is 13.8. The van der Waals surface area contributed by atoms with Crippen LogP contribution < -0.4 is 5.32 Å². The Kier molecular flexibility index (Phi) is 7.74. The first-order valence-corrected chi connectivity index (χ1v) is 11.1. The number of amides is 1. The van der Waals surface area contributed by atoms with E-state index in [1.165, 1.54) is 11.4 Å². The van der Waals surface area contributed by atoms with Crippen LogP contribution in [0.25, 0.3) is 11.0 Å². The molecular weight excluding hydrogens is 396 g/mol. The molecule has 2 aromatic rings. The van der Waals surface area contributed by atoms with Crippen molar-refractivity contribution in [3.05, 3.63) is 24.0 Å². The minimum atomic E-state index is -3.57. The van der Waals surface area contributed by atoms with Crippen LogP contribution in [0.4, 0.5) is 0 Å². The van der Waals surface area contributed by atoms with Crippen LogP contribution in [-0.4, -0.2) is 60.9 Å². The minimum absolute atomic E-state index is 0.0743. The lowest BCUT2D eigenvalue weighted by molar-refractivity contribution is -0.148. The molecule has 0 saturated heterocycles. The lowest BCUT2D eigenvalue weighted by Crippen LogP contribution is -2.30. The number of ether oxygens (including phenoxy) is 1. The van der Waals surface area contributed by atoms with Crippen molar-refractivity contribution in [1.29, 1.82) is 0 Å². The van der Waals surface area contributed by atoms with Crippen molar-refractivity contribution in [2.45, 2.75) is 45.1 Å². The van der Waals surface area contributed by atoms with Crippen molar-refractivity contribution >= 4 is 32.9 Å². The summed E-state index contributed by atoms with van der Waals surface area (Å²) >= 11 is 0. The number of aromatic nitrogens is 2. The summed E-state index contributed by atoms with van der Waals surface area (Å²) in [5.74, 6) is -0.203. The van der Waals surface area contributed by atoms with Gasteiger partial charge in [0.1, 0.15) is 5.82 Å². The monoisotopic (exact) mass is 424 g/mol. The molecule has 2 rings (SSSR count). The highest BCUT2D eigenvalue weighted by molar-refractivity contribution is 7.89. The Morgan fingerprint density at radius 1 is 1.21 bits per heavy atom. The zero-order chi connectivity index (χ0) is 21.6. The standard InChI is InChI=1S/C19H28N4O5S/c1-5-22(6-2)29(26,27)14-8-9-16-15(12-14)21-17(23(16)7-3)10-11-19(25)28-13-18(24)20-4/h8-9,12H,5-7,10-11,13H2,1-4H3,(H,20,24). The van der Waals surface area contributed by atoms with Crippen LogP contribution in [0.5, 0.6) is 0 Å². The molecule has 9 nitrogen and oxygen atoms in total. The second-order valence-electron chi connectivity index (χ2n) is 6.35. The number of carbonyl (C=O) groups is 2. The molecule has 0 aliphatic heterocycles. The van der Waals surface area contributed by atoms with E-state index >= 15 is 0 Å². The quantitative estimate of drug-likeness (QED) is 0.576. The van der Waals surface area contributed by atoms with Gasteiger partial charge in [0.25, 0.3) is 5.91 Å². The van der Waals surface area contributed by atoms with E-state index in [9.17, 15) is 18.0 Å². The molecule has 0 spiro atoms. The molecule has 10 heteroatoms. The first-order valence-electron chi connectivity index (χ1n) is 9.63. The van der Waals surface area contributed by atoms with Gasteiger partial charge in [-0.25, -0.2) is 13.4 Å². The van der Waals surface area contributed by atoms with Gasteiger partial charge in [-0.2, -0.15) is 4.31 Å². The van der Waals surface area contributed by atoms with Crippen LogP contribution in [0.15, 0.2) is 23.1 Å². The third-order valence-electron chi connectivity index (χ3n) is 4.65. The summed E-state index contributed by atoms with van der Waals surface area (Å²) in [6.45, 7) is 6.65. The summed E-state index contributed by atoms with van der Waals surface area (Å²) in [5, 5.41) is 2.38. The number of fused-ring (bicyclic) bond motifs is 1. The summed E-state index contributed by atoms with van der Waals surface area (Å²) in [7, 11) is -2.11. The van der Waals surface area contributed by atoms with Gasteiger partial charge in [-0.3, -0.25) is 9.59 Å². The Labute approximate surface area is 171 Å². The van der Waals surface area contributed by atoms with Crippen LogP contribution in [0.2, 0.25) is 0 Å². The van der Waals surface area contributed by atoms with Crippen LogP contribution >= 0.6 is 0 Å². The van der Waals surface area contributed by atoms with E-state index in [1.54, 1.807) is 32.0 Å². The molecule has 0 radical (unpaired) electrons. The Morgan fingerprint density at radius 3 is 2.48 bits per heavy atom. The van der Waals surface area contributed by atoms with E-state index < -0.39 is 16.0 Å². The first kappa shape index (κ1) is 22.8. The van der Waals surface area contributed by atoms with Crippen molar-refractivity contribution in [1.82, 2.24) is 19.2 Å². The van der Waals surface area contributed by atoms with Gasteiger partial charge in [0.15, 0.2) is 6.61 Å². The summed E-state index contributed by atoms with van der Waals surface area (Å²) < 4.78 is 33.8. The third-order valence-corrected chi connectivity index (χ3v) is 6.70. The minimum Gasteiger partial charge on any atom is -0.456 e. The number of likely N-dealkylation sites (N-methyl/N-ethyl adjacent to an activating group) is 1. The van der Waals surface area contributed by atoms with Gasteiger partial charge in [-0.15, -0.1) is 0 Å². The average molecular weight is 425 g/mol. The molecule has 0 fully saturated rings. The lowest BCUT2D eigenvalue weighted by Gasteiger charge is -2.18. The zero-order valence-corrected chi connectivity index (χ0v) is 18.1. The van der Waals surface area contributed by atoms with E-state index in [1.807, 2.05) is 11.5 Å². The van der Waals surface area contributed by atoms with Crippen molar-refractivity contribution < 1.29 is 22.7 Å². The topological polar surface area (TPSA) is 111 Å². The maximum Gasteiger partial charge on any atom is 0.306 e. The van der Waals surface area contributed by atoms with Gasteiger partial charge < -0.3 is 14.6 Å². The van der Waals surface area contributed by atoms with Gasteiger partial charge in [-0.05, 0) is 25.1 Å². The average Bonchev–Trinajstić information content (AvgIpc) is 3.07. The molecule has 0 aliphatic rings. The van der Waals surface area contributed by atoms with Gasteiger partial charge in [0, 0.05) is 33.1 Å². The number of hydrogen-bond acceptors (Lipinski definition) is 6. The van der Waals surface area contributed by atoms with Crippen molar-refractivity contribution in [2.75, 3.05) is 26.7 Å². The highest BCUT2D eigenvalue weighted by Gasteiger charge is 2.23. The van der Waals surface area contributed by atoms with Crippen molar-refractivity contribution in [2.24, 2.45) is 0 Å². The van der Waals surface area contributed by atoms with E-state index in [-0.39, 0.29) is 23.8 Å². The molecular formula is C19H28N4O5S. The fraction of sp³-hybridized carbons (Fsp3) is 0.526. The maximum atomic E-state index is 12.8. The van der Waals surface area contributed by atoms with Crippen LogP contribution in [0.3, 0.4) is 0 Å². The predicted molar refractivity (Wildman–Crippen MR) is 109 cm³/mol. The molecule has 1 aromatic carbocycles. The fourth-order valence-electron chi connectivity index (χ4n) is 3.08. The highest BCUT2D eigenvalue weighted by atomic mass is 32.2. The smallest absolute Gasteiger partial charge is 0.306 e. The van der Waals surface area contributed by atoms with Gasteiger partial charge >= 0.3 is 5.97 Å². The lowest BCUT2D eigenvalue weighted by atomic mass is 10.3. The number of carbonyl (C=O) groups excluding carboxylic acids is 2. The molecule has 0 unspecified atom stereocenters. The number of rotatable bonds is 10. The molecule has 0 bridgehead atoms. The zero-order valence-electron chi connectivity index (χ0n) is 17.3. The number of nitrogens with one attached hydrogen (secondary N) is 1. The molecule has 1 heterocycles. The van der Waals surface area contributed by atoms with E-state index in [0.717, 1.165) is 5.52 Å². The number of imidazole rings is 1. The summed E-state index contributed by atoms with van der Waals surface area (Å²) in [4.78, 5) is 27.8. The Hall–Kier alpha value is -2.46. The Bertz CT molecular complexity index is 980. The Morgan fingerprint density at radius 2 is 1.90 bits per heavy atom. The second-order valence-corrected chi connectivity index (χ2v) is 8.28. The summed E-state index contributed by atoms with van der Waals surface area (Å²) in [6.07, 6.45) is 0.401. The number of esters is 1. The molecule has 160 valence electrons. The molecule has 0 atom stereocenters. The molecule has 1 aromatic heterocycles.